The van der Waals surface area contributed by atoms with Gasteiger partial charge in [-0.05, 0) is 70.8 Å². The number of rotatable bonds is 3. The third-order valence-corrected chi connectivity index (χ3v) is 9.67. The van der Waals surface area contributed by atoms with Crippen molar-refractivity contribution < 1.29 is 24.4 Å². The predicted octanol–water partition coefficient (Wildman–Crippen LogP) is 5.69. The van der Waals surface area contributed by atoms with Crippen LogP contribution in [-0.4, -0.2) is 47.3 Å². The highest BCUT2D eigenvalue weighted by Crippen LogP contribution is 2.48. The fourth-order valence-corrected chi connectivity index (χ4v) is 7.42. The number of carbonyl (C=O) groups is 2. The molecule has 3 atom stereocenters. The molecule has 2 aliphatic heterocycles. The Bertz CT molecular complexity index is 1980. The molecular formula is C36H32N2O4. The molecular weight excluding hydrogens is 524 g/mol. The number of likely N-dealkylation sites (N-methyl/N-ethyl adjacent to an activating group) is 1. The van der Waals surface area contributed by atoms with E-state index in [1.807, 2.05) is 56.6 Å². The molecule has 1 aliphatic carbocycles. The first-order chi connectivity index (χ1) is 20.0. The lowest BCUT2D eigenvalue weighted by molar-refractivity contribution is -0.420. The maximum atomic E-state index is 13.6. The van der Waals surface area contributed by atoms with Gasteiger partial charge in [0.05, 0.1) is 11.0 Å². The maximum absolute atomic E-state index is 13.6. The van der Waals surface area contributed by atoms with E-state index in [9.17, 15) is 19.8 Å². The number of benzene rings is 4. The van der Waals surface area contributed by atoms with E-state index in [4.69, 9.17) is 0 Å². The molecule has 0 spiro atoms. The summed E-state index contributed by atoms with van der Waals surface area (Å²) < 4.78 is 2.12. The van der Waals surface area contributed by atoms with Crippen molar-refractivity contribution in [1.29, 1.82) is 0 Å². The highest BCUT2D eigenvalue weighted by molar-refractivity contribution is 6.15. The van der Waals surface area contributed by atoms with Gasteiger partial charge in [0, 0.05) is 48.0 Å². The number of ketones is 1. The summed E-state index contributed by atoms with van der Waals surface area (Å²) in [7, 11) is 3.96. The molecule has 1 N–H and O–H groups in total. The van der Waals surface area contributed by atoms with Gasteiger partial charge in [-0.1, -0.05) is 55.5 Å². The molecule has 42 heavy (non-hydrogen) atoms. The average Bonchev–Trinajstić information content (AvgIpc) is 3.34. The topological polar surface area (TPSA) is 83.7 Å². The van der Waals surface area contributed by atoms with Crippen LogP contribution in [0.4, 0.5) is 11.4 Å². The highest BCUT2D eigenvalue weighted by Gasteiger charge is 2.47. The van der Waals surface area contributed by atoms with Crippen LogP contribution >= 0.6 is 0 Å². The van der Waals surface area contributed by atoms with Crippen molar-refractivity contribution in [2.45, 2.75) is 38.2 Å². The van der Waals surface area contributed by atoms with E-state index in [1.54, 1.807) is 12.1 Å². The van der Waals surface area contributed by atoms with E-state index < -0.39 is 18.0 Å². The summed E-state index contributed by atoms with van der Waals surface area (Å²) in [5.41, 5.74) is 6.48. The van der Waals surface area contributed by atoms with E-state index in [-0.39, 0.29) is 22.7 Å². The van der Waals surface area contributed by atoms with E-state index in [0.717, 1.165) is 39.1 Å². The number of carbonyl (C=O) groups excluding carboxylic acids is 1. The van der Waals surface area contributed by atoms with Crippen molar-refractivity contribution in [1.82, 2.24) is 0 Å². The van der Waals surface area contributed by atoms with Crippen molar-refractivity contribution in [3.63, 3.8) is 0 Å². The number of Topliss-reactive ketones (excluding diaryl/α,β-unsaturated/α-hetero) is 1. The number of allylic oxidation sites excluding steroid dienone is 2. The molecule has 2 heterocycles. The zero-order valence-corrected chi connectivity index (χ0v) is 24.3. The SMILES string of the molecule is CC1C(=CC2C(=O)C(=CC3=[N+](C)c4ccc5ccccc5c4C3(C)C)C2[O-])N(C)c2ccc3cc(C(=O)O)ccc3c21. The molecule has 210 valence electrons. The van der Waals surface area contributed by atoms with Crippen molar-refractivity contribution in [2.24, 2.45) is 5.92 Å². The molecule has 3 unspecified atom stereocenters. The molecule has 0 bridgehead atoms. The van der Waals surface area contributed by atoms with Gasteiger partial charge in [0.15, 0.2) is 11.5 Å². The molecule has 0 radical (unpaired) electrons. The number of fused-ring (bicyclic) bond motifs is 6. The minimum absolute atomic E-state index is 0.0468. The second kappa shape index (κ2) is 8.97. The summed E-state index contributed by atoms with van der Waals surface area (Å²) in [6, 6.07) is 21.7. The zero-order chi connectivity index (χ0) is 29.7. The Morgan fingerprint density at radius 1 is 1.02 bits per heavy atom. The van der Waals surface area contributed by atoms with Gasteiger partial charge >= 0.3 is 5.97 Å². The van der Waals surface area contributed by atoms with Gasteiger partial charge in [-0.15, -0.1) is 0 Å². The van der Waals surface area contributed by atoms with Gasteiger partial charge < -0.3 is 15.1 Å². The number of carboxylic acid groups (broad SMARTS) is 1. The first-order valence-electron chi connectivity index (χ1n) is 14.3. The molecule has 6 nitrogen and oxygen atoms in total. The van der Waals surface area contributed by atoms with E-state index in [1.165, 1.54) is 16.3 Å². The van der Waals surface area contributed by atoms with Crippen LogP contribution in [0.1, 0.15) is 48.2 Å². The second-order valence-electron chi connectivity index (χ2n) is 12.3. The van der Waals surface area contributed by atoms with Gasteiger partial charge in [0.2, 0.25) is 5.69 Å². The van der Waals surface area contributed by atoms with Crippen LogP contribution in [0.3, 0.4) is 0 Å². The molecule has 0 amide bonds. The van der Waals surface area contributed by atoms with E-state index in [2.05, 4.69) is 54.5 Å². The van der Waals surface area contributed by atoms with Crippen molar-refractivity contribution in [3.8, 4) is 0 Å². The Kier molecular flexibility index (Phi) is 5.63. The smallest absolute Gasteiger partial charge is 0.335 e. The molecule has 7 rings (SSSR count). The van der Waals surface area contributed by atoms with Gasteiger partial charge in [-0.2, -0.15) is 4.58 Å². The van der Waals surface area contributed by atoms with Crippen LogP contribution in [0.2, 0.25) is 0 Å². The largest absolute Gasteiger partial charge is 0.848 e. The first-order valence-corrected chi connectivity index (χ1v) is 14.3. The second-order valence-corrected chi connectivity index (χ2v) is 12.3. The number of hydrogen-bond acceptors (Lipinski definition) is 4. The normalized spacial score (nSPS) is 24.6. The van der Waals surface area contributed by atoms with Crippen LogP contribution in [-0.2, 0) is 10.2 Å². The fourth-order valence-electron chi connectivity index (χ4n) is 7.42. The minimum atomic E-state index is -1.14. The monoisotopic (exact) mass is 556 g/mol. The number of aromatic carboxylic acids is 1. The van der Waals surface area contributed by atoms with Crippen LogP contribution in [0.5, 0.6) is 0 Å². The van der Waals surface area contributed by atoms with E-state index >= 15 is 0 Å². The van der Waals surface area contributed by atoms with Crippen LogP contribution in [0, 0.1) is 5.92 Å². The third kappa shape index (κ3) is 3.51. The highest BCUT2D eigenvalue weighted by atomic mass is 16.4. The third-order valence-electron chi connectivity index (χ3n) is 9.67. The standard InChI is InChI=1S/C36H32N2O4/c1-19-29(37(4)27-14-12-21-16-22(35(41)42)10-13-23(21)31(19)27)17-25-33(39)26(34(25)40)18-30-36(2,3)32-24-9-7-6-8-20(24)11-15-28(32)38(30)5/h6-19,25,33H,1-5H3,(H,41,42). The van der Waals surface area contributed by atoms with Crippen LogP contribution < -0.4 is 10.0 Å². The number of nitrogens with zero attached hydrogens (tertiary/aromatic N) is 2. The summed E-state index contributed by atoms with van der Waals surface area (Å²) in [5.74, 6) is -1.85. The Morgan fingerprint density at radius 2 is 1.76 bits per heavy atom. The summed E-state index contributed by atoms with van der Waals surface area (Å²) in [5, 5.41) is 27.2. The maximum Gasteiger partial charge on any atom is 0.335 e. The van der Waals surface area contributed by atoms with Gasteiger partial charge in [0.1, 0.15) is 7.05 Å². The lowest BCUT2D eigenvalue weighted by Crippen LogP contribution is -2.53. The molecule has 1 fully saturated rings. The number of hydrogen-bond donors (Lipinski definition) is 1. The molecule has 4 aromatic carbocycles. The molecule has 3 aliphatic rings. The lowest BCUT2D eigenvalue weighted by atomic mass is 9.71. The van der Waals surface area contributed by atoms with Crippen LogP contribution in [0.15, 0.2) is 90.2 Å². The molecule has 0 aromatic heterocycles. The van der Waals surface area contributed by atoms with Crippen molar-refractivity contribution in [3.05, 3.63) is 107 Å². The first kappa shape index (κ1) is 26.4. The predicted molar refractivity (Wildman–Crippen MR) is 164 cm³/mol. The van der Waals surface area contributed by atoms with Crippen LogP contribution in [0.25, 0.3) is 21.5 Å². The fraction of sp³-hybridized carbons (Fsp3) is 0.250. The van der Waals surface area contributed by atoms with Gasteiger partial charge in [-0.25, -0.2) is 4.79 Å². The molecule has 1 saturated carbocycles. The minimum Gasteiger partial charge on any atom is -0.848 e. The summed E-state index contributed by atoms with van der Waals surface area (Å²) in [4.78, 5) is 27.1. The van der Waals surface area contributed by atoms with Gasteiger partial charge in [-0.3, -0.25) is 4.79 Å². The van der Waals surface area contributed by atoms with Crippen molar-refractivity contribution >= 4 is 50.4 Å². The Morgan fingerprint density at radius 3 is 2.50 bits per heavy atom. The average molecular weight is 557 g/mol. The Labute approximate surface area is 244 Å². The summed E-state index contributed by atoms with van der Waals surface area (Å²) in [6.07, 6.45) is 2.56. The van der Waals surface area contributed by atoms with Crippen molar-refractivity contribution in [2.75, 3.05) is 19.0 Å². The van der Waals surface area contributed by atoms with E-state index in [0.29, 0.717) is 5.57 Å². The Balaban J connectivity index is 1.21. The molecule has 6 heteroatoms. The summed E-state index contributed by atoms with van der Waals surface area (Å²) in [6.45, 7) is 6.39. The quantitative estimate of drug-likeness (QED) is 0.259. The zero-order valence-electron chi connectivity index (χ0n) is 24.3. The molecule has 0 saturated heterocycles. The van der Waals surface area contributed by atoms with Gasteiger partial charge in [0.25, 0.3) is 0 Å². The lowest BCUT2D eigenvalue weighted by Gasteiger charge is -2.42. The number of carboxylic acids is 1. The number of anilines is 1. The summed E-state index contributed by atoms with van der Waals surface area (Å²) >= 11 is 0. The molecule has 4 aromatic rings. The Hall–Kier alpha value is -4.55.